The molecule has 1 saturated carbocycles. The number of carbonyl (C=O) groups excluding carboxylic acids is 2. The van der Waals surface area contributed by atoms with Crippen LogP contribution in [0.5, 0.6) is 0 Å². The molecule has 2 N–H and O–H groups in total. The molecule has 0 unspecified atom stereocenters. The fourth-order valence-electron chi connectivity index (χ4n) is 3.11. The van der Waals surface area contributed by atoms with E-state index in [1.54, 1.807) is 0 Å². The minimum absolute atomic E-state index is 0.00450. The molecule has 0 atom stereocenters. The van der Waals surface area contributed by atoms with E-state index in [4.69, 9.17) is 4.74 Å². The fourth-order valence-corrected chi connectivity index (χ4v) is 3.11. The number of nitrogens with one attached hydrogen (secondary N) is 2. The summed E-state index contributed by atoms with van der Waals surface area (Å²) in [6, 6.07) is 4.70. The molecule has 0 bridgehead atoms. The summed E-state index contributed by atoms with van der Waals surface area (Å²) in [5.74, 6) is -3.14. The highest BCUT2D eigenvalue weighted by Crippen LogP contribution is 2.32. The average Bonchev–Trinajstić information content (AvgIpc) is 2.71. The van der Waals surface area contributed by atoms with Gasteiger partial charge >= 0.3 is 6.36 Å². The Hall–Kier alpha value is -3.12. The standard InChI is InChI=1S/C21H20F5N3O4/c1-11(28-18(30)10-32-12-8-13(9-12)33-21(24,25)26)6-7-27-20(31)17-4-2-14-16(29-17)5-3-15(22)19(14)23/h2-5,12-13H,1,6-10H2,(H,27,31)(H,28,30)/t12-,13+. The van der Waals surface area contributed by atoms with Gasteiger partial charge in [0.2, 0.25) is 5.91 Å². The monoisotopic (exact) mass is 473 g/mol. The van der Waals surface area contributed by atoms with Crippen molar-refractivity contribution in [3.63, 3.8) is 0 Å². The number of alkyl halides is 3. The predicted molar refractivity (Wildman–Crippen MR) is 106 cm³/mol. The Kier molecular flexibility index (Phi) is 7.59. The van der Waals surface area contributed by atoms with Crippen LogP contribution in [0.4, 0.5) is 22.0 Å². The number of aromatic nitrogens is 1. The third-order valence-electron chi connectivity index (χ3n) is 4.82. The Balaban J connectivity index is 1.35. The third kappa shape index (κ3) is 6.93. The van der Waals surface area contributed by atoms with Gasteiger partial charge in [0.1, 0.15) is 12.3 Å². The number of amides is 2. The van der Waals surface area contributed by atoms with E-state index in [-0.39, 0.29) is 49.0 Å². The Labute approximate surface area is 184 Å². The highest BCUT2D eigenvalue weighted by Gasteiger charge is 2.40. The summed E-state index contributed by atoms with van der Waals surface area (Å²) >= 11 is 0. The first-order valence-corrected chi connectivity index (χ1v) is 9.88. The second kappa shape index (κ2) is 10.2. The van der Waals surface area contributed by atoms with E-state index in [0.29, 0.717) is 5.70 Å². The van der Waals surface area contributed by atoms with E-state index in [2.05, 4.69) is 26.9 Å². The van der Waals surface area contributed by atoms with E-state index < -0.39 is 42.0 Å². The van der Waals surface area contributed by atoms with Gasteiger partial charge in [0.15, 0.2) is 11.6 Å². The summed E-state index contributed by atoms with van der Waals surface area (Å²) < 4.78 is 72.2. The van der Waals surface area contributed by atoms with Crippen LogP contribution in [0, 0.1) is 11.6 Å². The van der Waals surface area contributed by atoms with Crippen molar-refractivity contribution in [2.24, 2.45) is 0 Å². The van der Waals surface area contributed by atoms with Crippen molar-refractivity contribution in [3.05, 3.63) is 53.9 Å². The molecule has 1 aromatic carbocycles. The zero-order valence-corrected chi connectivity index (χ0v) is 17.2. The molecular formula is C21H20F5N3O4. The minimum Gasteiger partial charge on any atom is -0.368 e. The number of nitrogens with zero attached hydrogens (tertiary/aromatic N) is 1. The van der Waals surface area contributed by atoms with Gasteiger partial charge in [-0.2, -0.15) is 0 Å². The van der Waals surface area contributed by atoms with E-state index in [0.717, 1.165) is 6.07 Å². The summed E-state index contributed by atoms with van der Waals surface area (Å²) in [6.07, 6.45) is -5.87. The van der Waals surface area contributed by atoms with Crippen LogP contribution in [0.3, 0.4) is 0 Å². The van der Waals surface area contributed by atoms with Crippen LogP contribution < -0.4 is 10.6 Å². The fraction of sp³-hybridized carbons (Fsp3) is 0.381. The molecular weight excluding hydrogens is 453 g/mol. The molecule has 33 heavy (non-hydrogen) atoms. The van der Waals surface area contributed by atoms with Crippen molar-refractivity contribution < 1.29 is 41.0 Å². The van der Waals surface area contributed by atoms with E-state index in [1.165, 1.54) is 18.2 Å². The molecule has 178 valence electrons. The van der Waals surface area contributed by atoms with Crippen molar-refractivity contribution in [2.45, 2.75) is 37.8 Å². The van der Waals surface area contributed by atoms with Crippen LogP contribution in [0.1, 0.15) is 29.8 Å². The molecule has 2 aromatic rings. The number of hydrogen-bond donors (Lipinski definition) is 2. The van der Waals surface area contributed by atoms with Gasteiger partial charge in [0.25, 0.3) is 5.91 Å². The topological polar surface area (TPSA) is 89.6 Å². The van der Waals surface area contributed by atoms with Crippen LogP contribution in [0.15, 0.2) is 36.5 Å². The summed E-state index contributed by atoms with van der Waals surface area (Å²) in [5, 5.41) is 4.99. The molecule has 1 aliphatic carbocycles. The van der Waals surface area contributed by atoms with Crippen LogP contribution in [0.2, 0.25) is 0 Å². The van der Waals surface area contributed by atoms with Crippen molar-refractivity contribution in [2.75, 3.05) is 13.2 Å². The molecule has 0 radical (unpaired) electrons. The molecule has 3 rings (SSSR count). The smallest absolute Gasteiger partial charge is 0.368 e. The van der Waals surface area contributed by atoms with Gasteiger partial charge in [-0.05, 0) is 24.3 Å². The number of hydrogen-bond acceptors (Lipinski definition) is 5. The molecule has 1 fully saturated rings. The molecule has 0 saturated heterocycles. The maximum absolute atomic E-state index is 13.7. The largest absolute Gasteiger partial charge is 0.522 e. The lowest BCUT2D eigenvalue weighted by Crippen LogP contribution is -2.42. The second-order valence-corrected chi connectivity index (χ2v) is 7.37. The molecule has 7 nitrogen and oxygen atoms in total. The summed E-state index contributed by atoms with van der Waals surface area (Å²) in [7, 11) is 0. The Bertz CT molecular complexity index is 1050. The number of carbonyl (C=O) groups is 2. The van der Waals surface area contributed by atoms with Gasteiger partial charge in [0.05, 0.1) is 17.7 Å². The quantitative estimate of drug-likeness (QED) is 0.546. The van der Waals surface area contributed by atoms with Crippen molar-refractivity contribution in [1.29, 1.82) is 0 Å². The van der Waals surface area contributed by atoms with Gasteiger partial charge < -0.3 is 15.4 Å². The van der Waals surface area contributed by atoms with Crippen LogP contribution >= 0.6 is 0 Å². The average molecular weight is 473 g/mol. The molecule has 1 heterocycles. The van der Waals surface area contributed by atoms with Gasteiger partial charge in [-0.3, -0.25) is 14.3 Å². The van der Waals surface area contributed by atoms with Crippen molar-refractivity contribution in [3.8, 4) is 0 Å². The zero-order valence-electron chi connectivity index (χ0n) is 17.2. The number of benzene rings is 1. The lowest BCUT2D eigenvalue weighted by atomic mass is 9.92. The van der Waals surface area contributed by atoms with Gasteiger partial charge in [-0.1, -0.05) is 6.58 Å². The molecule has 1 aliphatic rings. The Morgan fingerprint density at radius 3 is 2.55 bits per heavy atom. The zero-order chi connectivity index (χ0) is 24.2. The molecule has 12 heteroatoms. The van der Waals surface area contributed by atoms with E-state index in [9.17, 15) is 31.5 Å². The Morgan fingerprint density at radius 2 is 1.85 bits per heavy atom. The predicted octanol–water partition coefficient (Wildman–Crippen LogP) is 3.35. The maximum atomic E-state index is 13.7. The lowest BCUT2D eigenvalue weighted by Gasteiger charge is -2.34. The summed E-state index contributed by atoms with van der Waals surface area (Å²) in [5.41, 5.74) is 0.422. The SMILES string of the molecule is C=C(CCNC(=O)c1ccc2c(F)c(F)ccc2n1)NC(=O)CO[C@H]1C[C@@H](OC(F)(F)F)C1. The minimum atomic E-state index is -4.69. The maximum Gasteiger partial charge on any atom is 0.522 e. The van der Waals surface area contributed by atoms with E-state index >= 15 is 0 Å². The second-order valence-electron chi connectivity index (χ2n) is 7.37. The van der Waals surface area contributed by atoms with Crippen LogP contribution in [-0.2, 0) is 14.3 Å². The van der Waals surface area contributed by atoms with Crippen LogP contribution in [-0.4, -0.2) is 48.5 Å². The normalized spacial score (nSPS) is 18.0. The van der Waals surface area contributed by atoms with Gasteiger partial charge in [0, 0.05) is 36.9 Å². The number of ether oxygens (including phenoxy) is 2. The first-order valence-electron chi connectivity index (χ1n) is 9.88. The highest BCUT2D eigenvalue weighted by molar-refractivity contribution is 5.95. The van der Waals surface area contributed by atoms with Gasteiger partial charge in [-0.25, -0.2) is 13.8 Å². The molecule has 0 aliphatic heterocycles. The van der Waals surface area contributed by atoms with Crippen molar-refractivity contribution >= 4 is 22.7 Å². The van der Waals surface area contributed by atoms with Crippen molar-refractivity contribution in [1.82, 2.24) is 15.6 Å². The lowest BCUT2D eigenvalue weighted by molar-refractivity contribution is -0.357. The summed E-state index contributed by atoms with van der Waals surface area (Å²) in [4.78, 5) is 28.1. The highest BCUT2D eigenvalue weighted by atomic mass is 19.4. The first-order chi connectivity index (χ1) is 15.5. The molecule has 0 spiro atoms. The van der Waals surface area contributed by atoms with Gasteiger partial charge in [-0.15, -0.1) is 13.2 Å². The third-order valence-corrected chi connectivity index (χ3v) is 4.82. The van der Waals surface area contributed by atoms with E-state index in [1.807, 2.05) is 0 Å². The molecule has 1 aromatic heterocycles. The molecule has 2 amide bonds. The van der Waals surface area contributed by atoms with Crippen LogP contribution in [0.25, 0.3) is 10.9 Å². The first kappa shape index (κ1) is 24.5. The summed E-state index contributed by atoms with van der Waals surface area (Å²) in [6.45, 7) is 3.41. The number of pyridine rings is 1. The Morgan fingerprint density at radius 1 is 1.12 bits per heavy atom. The number of halogens is 5. The number of rotatable bonds is 9. The number of fused-ring (bicyclic) bond motifs is 1.